The zero-order chi connectivity index (χ0) is 16.6. The number of tetrazole rings is 1. The molecule has 3 aromatic rings. The summed E-state index contributed by atoms with van der Waals surface area (Å²) in [6.45, 7) is 3.87. The van der Waals surface area contributed by atoms with Crippen molar-refractivity contribution in [3.63, 3.8) is 0 Å². The summed E-state index contributed by atoms with van der Waals surface area (Å²) in [4.78, 5) is 4.28. The highest BCUT2D eigenvalue weighted by molar-refractivity contribution is 6.34. The van der Waals surface area contributed by atoms with Crippen molar-refractivity contribution < 1.29 is 0 Å². The van der Waals surface area contributed by atoms with Crippen molar-refractivity contribution >= 4 is 40.4 Å². The third kappa shape index (κ3) is 3.00. The summed E-state index contributed by atoms with van der Waals surface area (Å²) in [6.07, 6.45) is 2.66. The molecule has 0 saturated heterocycles. The summed E-state index contributed by atoms with van der Waals surface area (Å²) < 4.78 is 1.43. The van der Waals surface area contributed by atoms with Gasteiger partial charge in [0, 0.05) is 21.3 Å². The van der Waals surface area contributed by atoms with Gasteiger partial charge in [-0.05, 0) is 60.0 Å². The number of aryl methyl sites for hydroxylation is 1. The predicted molar refractivity (Wildman–Crippen MR) is 91.5 cm³/mol. The number of benzene rings is 1. The summed E-state index contributed by atoms with van der Waals surface area (Å²) in [5.41, 5.74) is 10.1. The molecule has 0 aliphatic carbocycles. The summed E-state index contributed by atoms with van der Waals surface area (Å²) in [6, 6.07) is 5.39. The topological polar surface area (TPSA) is 82.0 Å². The Bertz CT molecular complexity index is 916. The Hall–Kier alpha value is -2.18. The smallest absolute Gasteiger partial charge is 0.225 e. The first-order valence-electron chi connectivity index (χ1n) is 6.92. The molecule has 0 unspecified atom stereocenters. The molecule has 0 fully saturated rings. The van der Waals surface area contributed by atoms with Gasteiger partial charge in [0.25, 0.3) is 0 Å². The molecule has 0 bridgehead atoms. The molecule has 2 heterocycles. The number of hydrogen-bond acceptors (Lipinski definition) is 5. The molecular formula is C15H14Cl2N6. The molecule has 0 saturated carbocycles. The number of hydrogen-bond donors (Lipinski definition) is 1. The monoisotopic (exact) mass is 348 g/mol. The molecule has 118 valence electrons. The van der Waals surface area contributed by atoms with Gasteiger partial charge in [0.05, 0.1) is 0 Å². The van der Waals surface area contributed by atoms with Crippen LogP contribution in [0.4, 0.5) is 5.95 Å². The van der Waals surface area contributed by atoms with E-state index in [0.717, 1.165) is 22.4 Å². The van der Waals surface area contributed by atoms with Gasteiger partial charge in [0.15, 0.2) is 5.65 Å². The van der Waals surface area contributed by atoms with Crippen molar-refractivity contribution in [1.29, 1.82) is 0 Å². The zero-order valence-electron chi connectivity index (χ0n) is 12.6. The minimum Gasteiger partial charge on any atom is -0.368 e. The van der Waals surface area contributed by atoms with Crippen LogP contribution in [0, 0.1) is 6.92 Å². The van der Waals surface area contributed by atoms with Crippen molar-refractivity contribution in [2.24, 2.45) is 0 Å². The zero-order valence-corrected chi connectivity index (χ0v) is 14.1. The lowest BCUT2D eigenvalue weighted by molar-refractivity contribution is 0.814. The number of halogens is 2. The Morgan fingerprint density at radius 2 is 2.13 bits per heavy atom. The maximum absolute atomic E-state index is 6.24. The van der Waals surface area contributed by atoms with E-state index in [4.69, 9.17) is 28.9 Å². The van der Waals surface area contributed by atoms with Crippen molar-refractivity contribution in [1.82, 2.24) is 25.0 Å². The number of nitrogen functional groups attached to an aromatic ring is 1. The van der Waals surface area contributed by atoms with E-state index >= 15 is 0 Å². The van der Waals surface area contributed by atoms with Crippen LogP contribution < -0.4 is 5.73 Å². The number of fused-ring (bicyclic) bond motifs is 1. The second-order valence-corrected chi connectivity index (χ2v) is 6.01. The van der Waals surface area contributed by atoms with E-state index < -0.39 is 0 Å². The first-order valence-corrected chi connectivity index (χ1v) is 7.68. The fourth-order valence-corrected chi connectivity index (χ4v) is 2.82. The molecule has 0 aliphatic heterocycles. The Labute approximate surface area is 142 Å². The molecule has 1 aromatic carbocycles. The minimum atomic E-state index is 0.268. The Balaban J connectivity index is 1.99. The highest BCUT2D eigenvalue weighted by Gasteiger charge is 2.12. The van der Waals surface area contributed by atoms with Crippen LogP contribution in [0.1, 0.15) is 23.7 Å². The molecule has 0 radical (unpaired) electrons. The van der Waals surface area contributed by atoms with Crippen LogP contribution in [0.15, 0.2) is 24.3 Å². The molecule has 0 aliphatic rings. The van der Waals surface area contributed by atoms with Gasteiger partial charge in [-0.15, -0.1) is 5.10 Å². The molecule has 23 heavy (non-hydrogen) atoms. The average Bonchev–Trinajstić information content (AvgIpc) is 2.99. The van der Waals surface area contributed by atoms with E-state index in [0.29, 0.717) is 22.1 Å². The fourth-order valence-electron chi connectivity index (χ4n) is 2.38. The van der Waals surface area contributed by atoms with Gasteiger partial charge in [-0.25, -0.2) is 4.98 Å². The molecule has 0 amide bonds. The van der Waals surface area contributed by atoms with Gasteiger partial charge in [-0.3, -0.25) is 0 Å². The average molecular weight is 349 g/mol. The number of nitrogens with two attached hydrogens (primary N) is 1. The molecule has 8 heteroatoms. The molecule has 0 atom stereocenters. The maximum atomic E-state index is 6.24. The van der Waals surface area contributed by atoms with Crippen LogP contribution in [0.3, 0.4) is 0 Å². The molecular weight excluding hydrogens is 335 g/mol. The van der Waals surface area contributed by atoms with Crippen molar-refractivity contribution in [3.05, 3.63) is 51.1 Å². The Kier molecular flexibility index (Phi) is 4.19. The van der Waals surface area contributed by atoms with Crippen LogP contribution >= 0.6 is 23.2 Å². The standard InChI is InChI=1S/C15H14Cl2N6/c1-8(12-7-10(16)4-6-13(12)17)3-5-11-9(2)19-15(18)23-14(11)20-21-22-23/h3-4,6-7H,5H2,1-2H3,(H2,18,19). The first-order chi connectivity index (χ1) is 11.0. The summed E-state index contributed by atoms with van der Waals surface area (Å²) in [5.74, 6) is 0.268. The van der Waals surface area contributed by atoms with Gasteiger partial charge in [-0.2, -0.15) is 4.52 Å². The molecule has 6 nitrogen and oxygen atoms in total. The highest BCUT2D eigenvalue weighted by atomic mass is 35.5. The number of nitrogens with zero attached hydrogens (tertiary/aromatic N) is 5. The van der Waals surface area contributed by atoms with Gasteiger partial charge in [0.2, 0.25) is 5.95 Å². The number of aromatic nitrogens is 5. The fraction of sp³-hybridized carbons (Fsp3) is 0.200. The van der Waals surface area contributed by atoms with Crippen molar-refractivity contribution in [2.75, 3.05) is 5.73 Å². The first kappa shape index (κ1) is 15.7. The Morgan fingerprint density at radius 3 is 2.91 bits per heavy atom. The lowest BCUT2D eigenvalue weighted by Gasteiger charge is -2.08. The molecule has 2 N–H and O–H groups in total. The normalized spacial score (nSPS) is 12.1. The van der Waals surface area contributed by atoms with E-state index in [-0.39, 0.29) is 5.95 Å². The van der Waals surface area contributed by atoms with Crippen LogP contribution in [0.2, 0.25) is 10.0 Å². The third-order valence-corrected chi connectivity index (χ3v) is 4.21. The maximum Gasteiger partial charge on any atom is 0.225 e. The van der Waals surface area contributed by atoms with E-state index in [1.807, 2.05) is 26.0 Å². The van der Waals surface area contributed by atoms with Crippen LogP contribution in [-0.4, -0.2) is 25.0 Å². The van der Waals surface area contributed by atoms with Gasteiger partial charge in [0.1, 0.15) is 0 Å². The number of allylic oxidation sites excluding steroid dienone is 2. The summed E-state index contributed by atoms with van der Waals surface area (Å²) in [5, 5.41) is 12.8. The molecule has 3 rings (SSSR count). The van der Waals surface area contributed by atoms with E-state index in [1.54, 1.807) is 12.1 Å². The lowest BCUT2D eigenvalue weighted by Crippen LogP contribution is -2.07. The lowest BCUT2D eigenvalue weighted by atomic mass is 10.0. The molecule has 0 spiro atoms. The number of rotatable bonds is 3. The van der Waals surface area contributed by atoms with Gasteiger partial charge < -0.3 is 5.73 Å². The SMILES string of the molecule is CC(=CCc1c(C)nc(N)n2nnnc12)c1cc(Cl)ccc1Cl. The second kappa shape index (κ2) is 6.14. The van der Waals surface area contributed by atoms with E-state index in [2.05, 4.69) is 20.5 Å². The van der Waals surface area contributed by atoms with E-state index in [9.17, 15) is 0 Å². The van der Waals surface area contributed by atoms with Gasteiger partial charge in [-0.1, -0.05) is 29.3 Å². The van der Waals surface area contributed by atoms with E-state index in [1.165, 1.54) is 4.52 Å². The quantitative estimate of drug-likeness (QED) is 0.784. The molecule has 2 aromatic heterocycles. The Morgan fingerprint density at radius 1 is 1.35 bits per heavy atom. The van der Waals surface area contributed by atoms with Crippen LogP contribution in [-0.2, 0) is 6.42 Å². The number of anilines is 1. The second-order valence-electron chi connectivity index (χ2n) is 5.16. The van der Waals surface area contributed by atoms with Crippen molar-refractivity contribution in [2.45, 2.75) is 20.3 Å². The predicted octanol–water partition coefficient (Wildman–Crippen LogP) is 3.36. The van der Waals surface area contributed by atoms with Crippen LogP contribution in [0.5, 0.6) is 0 Å². The highest BCUT2D eigenvalue weighted by Crippen LogP contribution is 2.27. The minimum absolute atomic E-state index is 0.268. The van der Waals surface area contributed by atoms with Crippen molar-refractivity contribution in [3.8, 4) is 0 Å². The van der Waals surface area contributed by atoms with Crippen LogP contribution in [0.25, 0.3) is 11.2 Å². The summed E-state index contributed by atoms with van der Waals surface area (Å²) >= 11 is 12.3. The van der Waals surface area contributed by atoms with Gasteiger partial charge >= 0.3 is 0 Å². The largest absolute Gasteiger partial charge is 0.368 e. The summed E-state index contributed by atoms with van der Waals surface area (Å²) in [7, 11) is 0. The third-order valence-electron chi connectivity index (χ3n) is 3.64.